The number of methoxy groups -OCH3 is 1. The van der Waals surface area contributed by atoms with Crippen LogP contribution in [-0.4, -0.2) is 81.4 Å². The van der Waals surface area contributed by atoms with Gasteiger partial charge >= 0.3 is 0 Å². The summed E-state index contributed by atoms with van der Waals surface area (Å²) in [5, 5.41) is 11.5. The molecule has 1 saturated heterocycles. The largest absolute Gasteiger partial charge is 0.497 e. The average molecular weight is 537 g/mol. The van der Waals surface area contributed by atoms with Crippen LogP contribution in [0.15, 0.2) is 58.5 Å². The maximum Gasteiger partial charge on any atom is 0.288 e. The molecular weight excluding hydrogens is 504 g/mol. The van der Waals surface area contributed by atoms with Gasteiger partial charge in [0.2, 0.25) is 16.3 Å². The number of rotatable bonds is 11. The van der Waals surface area contributed by atoms with E-state index in [9.17, 15) is 18.3 Å². The van der Waals surface area contributed by atoms with Crippen molar-refractivity contribution >= 4 is 27.3 Å². The number of thiophene rings is 1. The Balaban J connectivity index is 1.42. The van der Waals surface area contributed by atoms with E-state index in [0.29, 0.717) is 25.3 Å². The predicted molar refractivity (Wildman–Crippen MR) is 135 cm³/mol. The first-order valence-electron chi connectivity index (χ1n) is 12.0. The lowest BCUT2D eigenvalue weighted by molar-refractivity contribution is -0.152. The summed E-state index contributed by atoms with van der Waals surface area (Å²) in [5.41, 5.74) is 0. The fourth-order valence-electron chi connectivity index (χ4n) is 4.33. The van der Waals surface area contributed by atoms with E-state index in [1.54, 1.807) is 28.4 Å². The number of hydrogen-bond acceptors (Lipinski definition) is 8. The van der Waals surface area contributed by atoms with E-state index in [4.69, 9.17) is 14.2 Å². The highest BCUT2D eigenvalue weighted by Gasteiger charge is 2.32. The summed E-state index contributed by atoms with van der Waals surface area (Å²) in [6.07, 6.45) is 3.66. The van der Waals surface area contributed by atoms with Crippen molar-refractivity contribution < 1.29 is 32.5 Å². The first kappa shape index (κ1) is 26.6. The average Bonchev–Trinajstić information content (AvgIpc) is 3.63. The highest BCUT2D eigenvalue weighted by Crippen LogP contribution is 2.34. The molecule has 0 saturated carbocycles. The summed E-state index contributed by atoms with van der Waals surface area (Å²) < 4.78 is 44.5. The van der Waals surface area contributed by atoms with Crippen LogP contribution in [0.25, 0.3) is 0 Å². The SMILES string of the molecule is COc1ccc(S(=O)(=O)N(CCO)CCO[C@@H]2C[C@H](c3cccs3)C=C(C(=O)N3CCCC3)O2)cc1. The second kappa shape index (κ2) is 12.2. The van der Waals surface area contributed by atoms with Gasteiger partial charge in [-0.2, -0.15) is 4.31 Å². The number of amides is 1. The smallest absolute Gasteiger partial charge is 0.288 e. The van der Waals surface area contributed by atoms with Crippen LogP contribution in [0, 0.1) is 0 Å². The number of carbonyl (C=O) groups excluding carboxylic acids is 1. The molecule has 0 unspecified atom stereocenters. The normalized spacial score (nSPS) is 20.3. The Morgan fingerprint density at radius 3 is 2.58 bits per heavy atom. The maximum atomic E-state index is 13.1. The fourth-order valence-corrected chi connectivity index (χ4v) is 6.56. The van der Waals surface area contributed by atoms with E-state index in [1.165, 1.54) is 23.5 Å². The van der Waals surface area contributed by atoms with E-state index in [1.807, 2.05) is 23.6 Å². The Morgan fingerprint density at radius 1 is 1.19 bits per heavy atom. The van der Waals surface area contributed by atoms with Gasteiger partial charge in [-0.15, -0.1) is 11.3 Å². The van der Waals surface area contributed by atoms with Crippen LogP contribution in [-0.2, 0) is 24.3 Å². The Labute approximate surface area is 215 Å². The predicted octanol–water partition coefficient (Wildman–Crippen LogP) is 2.79. The molecule has 4 rings (SSSR count). The van der Waals surface area contributed by atoms with E-state index in [0.717, 1.165) is 17.7 Å². The Morgan fingerprint density at radius 2 is 1.94 bits per heavy atom. The third-order valence-corrected chi connectivity index (χ3v) is 9.18. The molecule has 0 radical (unpaired) electrons. The second-order valence-electron chi connectivity index (χ2n) is 8.61. The molecule has 1 amide bonds. The maximum absolute atomic E-state index is 13.1. The molecule has 2 aromatic rings. The molecule has 2 aliphatic heterocycles. The minimum atomic E-state index is -3.85. The van der Waals surface area contributed by atoms with Crippen molar-refractivity contribution in [3.63, 3.8) is 0 Å². The van der Waals surface area contributed by atoms with Crippen molar-refractivity contribution in [1.82, 2.24) is 9.21 Å². The molecule has 1 aromatic heterocycles. The van der Waals surface area contributed by atoms with Crippen molar-refractivity contribution in [2.75, 3.05) is 46.5 Å². The van der Waals surface area contributed by atoms with Crippen LogP contribution in [0.2, 0.25) is 0 Å². The third kappa shape index (κ3) is 6.27. The molecule has 196 valence electrons. The lowest BCUT2D eigenvalue weighted by atomic mass is 9.99. The standard InChI is InChI=1S/C25H32N2O7S2/c1-32-20-6-8-21(9-7-20)36(30,31)27(12-14-28)13-15-33-24-18-19(23-5-4-16-35-23)17-22(34-24)25(29)26-10-2-3-11-26/h4-9,16-17,19,24,28H,2-3,10-15,18H2,1H3/t19-,24+/m1/s1. The number of hydrogen-bond donors (Lipinski definition) is 1. The monoisotopic (exact) mass is 536 g/mol. The van der Waals surface area contributed by atoms with Crippen molar-refractivity contribution in [2.45, 2.75) is 36.4 Å². The first-order chi connectivity index (χ1) is 17.4. The number of aliphatic hydroxyl groups excluding tert-OH is 1. The molecule has 2 aliphatic rings. The molecule has 2 atom stereocenters. The van der Waals surface area contributed by atoms with Gasteiger partial charge in [0, 0.05) is 43.4 Å². The zero-order valence-corrected chi connectivity index (χ0v) is 21.9. The van der Waals surface area contributed by atoms with Gasteiger partial charge in [-0.05, 0) is 54.6 Å². The molecular formula is C25H32N2O7S2. The summed E-state index contributed by atoms with van der Waals surface area (Å²) in [6, 6.07) is 10.1. The molecule has 3 heterocycles. The topological polar surface area (TPSA) is 106 Å². The van der Waals surface area contributed by atoms with Crippen molar-refractivity contribution in [3.8, 4) is 5.75 Å². The number of likely N-dealkylation sites (tertiary alicyclic amines) is 1. The van der Waals surface area contributed by atoms with Crippen LogP contribution < -0.4 is 4.74 Å². The quantitative estimate of drug-likeness (QED) is 0.471. The van der Waals surface area contributed by atoms with E-state index >= 15 is 0 Å². The molecule has 1 N–H and O–H groups in total. The Bertz CT molecular complexity index is 1130. The molecule has 9 nitrogen and oxygen atoms in total. The summed E-state index contributed by atoms with van der Waals surface area (Å²) in [4.78, 5) is 16.0. The lowest BCUT2D eigenvalue weighted by Crippen LogP contribution is -2.38. The van der Waals surface area contributed by atoms with Gasteiger partial charge in [-0.1, -0.05) is 6.07 Å². The van der Waals surface area contributed by atoms with Crippen LogP contribution in [0.3, 0.4) is 0 Å². The van der Waals surface area contributed by atoms with Crippen LogP contribution in [0.1, 0.15) is 30.1 Å². The highest BCUT2D eigenvalue weighted by atomic mass is 32.2. The lowest BCUT2D eigenvalue weighted by Gasteiger charge is -2.31. The van der Waals surface area contributed by atoms with Crippen molar-refractivity contribution in [2.24, 2.45) is 0 Å². The zero-order chi connectivity index (χ0) is 25.5. The Hall–Kier alpha value is -2.44. The van der Waals surface area contributed by atoms with Crippen LogP contribution in [0.5, 0.6) is 5.75 Å². The third-order valence-electron chi connectivity index (χ3n) is 6.26. The van der Waals surface area contributed by atoms with Gasteiger partial charge in [0.1, 0.15) is 5.75 Å². The number of sulfonamides is 1. The minimum absolute atomic E-state index is 0.0254. The molecule has 11 heteroatoms. The molecule has 0 aliphatic carbocycles. The van der Waals surface area contributed by atoms with Gasteiger partial charge in [-0.25, -0.2) is 8.42 Å². The summed E-state index contributed by atoms with van der Waals surface area (Å²) in [5.74, 6) is 0.672. The zero-order valence-electron chi connectivity index (χ0n) is 20.2. The minimum Gasteiger partial charge on any atom is -0.497 e. The van der Waals surface area contributed by atoms with E-state index in [-0.39, 0.29) is 48.8 Å². The van der Waals surface area contributed by atoms with Gasteiger partial charge in [-0.3, -0.25) is 4.79 Å². The number of benzene rings is 1. The first-order valence-corrected chi connectivity index (χ1v) is 14.3. The fraction of sp³-hybridized carbons (Fsp3) is 0.480. The summed E-state index contributed by atoms with van der Waals surface area (Å²) >= 11 is 1.61. The Kier molecular flexibility index (Phi) is 9.02. The number of carbonyl (C=O) groups is 1. The molecule has 1 aromatic carbocycles. The van der Waals surface area contributed by atoms with Gasteiger partial charge in [0.05, 0.1) is 25.2 Å². The number of aliphatic hydroxyl groups is 1. The second-order valence-corrected chi connectivity index (χ2v) is 11.5. The highest BCUT2D eigenvalue weighted by molar-refractivity contribution is 7.89. The van der Waals surface area contributed by atoms with Gasteiger partial charge in [0.15, 0.2) is 5.76 Å². The van der Waals surface area contributed by atoms with Crippen molar-refractivity contribution in [3.05, 3.63) is 58.5 Å². The number of nitrogens with zero attached hydrogens (tertiary/aromatic N) is 2. The summed E-state index contributed by atoms with van der Waals surface area (Å²) in [6.45, 7) is 1.11. The molecule has 0 spiro atoms. The molecule has 36 heavy (non-hydrogen) atoms. The van der Waals surface area contributed by atoms with Gasteiger partial charge < -0.3 is 24.2 Å². The number of ether oxygens (including phenoxy) is 3. The van der Waals surface area contributed by atoms with Crippen LogP contribution in [0.4, 0.5) is 0 Å². The number of allylic oxidation sites excluding steroid dienone is 1. The molecule has 0 bridgehead atoms. The van der Waals surface area contributed by atoms with Crippen LogP contribution >= 0.6 is 11.3 Å². The van der Waals surface area contributed by atoms with E-state index in [2.05, 4.69) is 0 Å². The van der Waals surface area contributed by atoms with Crippen molar-refractivity contribution in [1.29, 1.82) is 0 Å². The summed E-state index contributed by atoms with van der Waals surface area (Å²) in [7, 11) is -2.34. The van der Waals surface area contributed by atoms with E-state index < -0.39 is 16.3 Å². The van der Waals surface area contributed by atoms with Gasteiger partial charge in [0.25, 0.3) is 5.91 Å². The molecule has 1 fully saturated rings.